The molecule has 2 aromatic heterocycles. The fourth-order valence-electron chi connectivity index (χ4n) is 4.79. The van der Waals surface area contributed by atoms with Crippen molar-refractivity contribution in [2.24, 2.45) is 0 Å². The molecular formula is C35H30F2N2O6. The van der Waals surface area contributed by atoms with E-state index in [-0.39, 0.29) is 23.0 Å². The molecule has 2 N–H and O–H groups in total. The molecule has 0 saturated carbocycles. The van der Waals surface area contributed by atoms with Gasteiger partial charge in [-0.15, -0.1) is 0 Å². The van der Waals surface area contributed by atoms with Crippen LogP contribution in [-0.4, -0.2) is 50.9 Å². The molecule has 0 aliphatic heterocycles. The van der Waals surface area contributed by atoms with Crippen molar-refractivity contribution >= 4 is 33.6 Å². The second-order valence-electron chi connectivity index (χ2n) is 10.1. The van der Waals surface area contributed by atoms with Crippen LogP contribution in [0.5, 0.6) is 11.5 Å². The quantitative estimate of drug-likeness (QED) is 0.160. The van der Waals surface area contributed by atoms with Crippen LogP contribution in [0.25, 0.3) is 21.8 Å². The van der Waals surface area contributed by atoms with E-state index in [1.807, 2.05) is 39.7 Å². The number of fused-ring (bicyclic) bond motifs is 2. The van der Waals surface area contributed by atoms with Crippen molar-refractivity contribution in [1.29, 1.82) is 0 Å². The maximum absolute atomic E-state index is 13.1. The summed E-state index contributed by atoms with van der Waals surface area (Å²) in [6.07, 6.45) is 3.79. The number of nitrogens with zero attached hydrogens (tertiary/aromatic N) is 2. The van der Waals surface area contributed by atoms with Crippen molar-refractivity contribution in [3.05, 3.63) is 132 Å². The number of carbonyl (C=O) groups excluding carboxylic acids is 1. The zero-order valence-corrected chi connectivity index (χ0v) is 24.1. The molecule has 10 heteroatoms. The van der Waals surface area contributed by atoms with Crippen LogP contribution in [0.1, 0.15) is 20.7 Å². The van der Waals surface area contributed by atoms with E-state index in [9.17, 15) is 18.4 Å². The Kier molecular flexibility index (Phi) is 9.86. The van der Waals surface area contributed by atoms with E-state index in [4.69, 9.17) is 19.7 Å². The first-order valence-electron chi connectivity index (χ1n) is 14.1. The smallest absolute Gasteiger partial charge is 0.335 e. The number of aromatic carboxylic acids is 1. The van der Waals surface area contributed by atoms with Crippen LogP contribution in [0.15, 0.2) is 109 Å². The maximum Gasteiger partial charge on any atom is 0.335 e. The minimum atomic E-state index is -0.953. The summed E-state index contributed by atoms with van der Waals surface area (Å²) in [5.41, 5.74) is 2.46. The van der Waals surface area contributed by atoms with Crippen molar-refractivity contribution < 1.29 is 38.1 Å². The molecule has 0 spiro atoms. The largest absolute Gasteiger partial charge is 0.492 e. The predicted molar refractivity (Wildman–Crippen MR) is 166 cm³/mol. The third-order valence-electron chi connectivity index (χ3n) is 7.05. The van der Waals surface area contributed by atoms with Crippen molar-refractivity contribution in [3.63, 3.8) is 0 Å². The number of hydrogen-bond acceptors (Lipinski definition) is 5. The molecule has 8 nitrogen and oxygen atoms in total. The minimum Gasteiger partial charge on any atom is -0.492 e. The van der Waals surface area contributed by atoms with Crippen molar-refractivity contribution in [2.75, 3.05) is 19.8 Å². The number of carboxylic acids is 1. The summed E-state index contributed by atoms with van der Waals surface area (Å²) in [6, 6.07) is 26.2. The number of hydrogen-bond donors (Lipinski definition) is 2. The first-order chi connectivity index (χ1) is 21.8. The van der Waals surface area contributed by atoms with Crippen LogP contribution < -0.4 is 9.47 Å². The Bertz CT molecular complexity index is 1950. The monoisotopic (exact) mass is 612 g/mol. The van der Waals surface area contributed by atoms with Crippen molar-refractivity contribution in [3.8, 4) is 11.5 Å². The van der Waals surface area contributed by atoms with Crippen molar-refractivity contribution in [2.45, 2.75) is 13.1 Å². The number of aliphatic hydroxyl groups is 1. The zero-order valence-electron chi connectivity index (χ0n) is 24.1. The lowest BCUT2D eigenvalue weighted by atomic mass is 10.1. The van der Waals surface area contributed by atoms with Crippen LogP contribution in [0.4, 0.5) is 8.78 Å². The highest BCUT2D eigenvalue weighted by Gasteiger charge is 2.09. The number of ether oxygens (including phenoxy) is 2. The molecule has 230 valence electrons. The van der Waals surface area contributed by atoms with Crippen LogP contribution in [-0.2, 0) is 13.1 Å². The molecule has 6 aromatic rings. The third kappa shape index (κ3) is 7.92. The molecular weight excluding hydrogens is 582 g/mol. The lowest BCUT2D eigenvalue weighted by Crippen LogP contribution is -2.08. The molecule has 0 amide bonds. The Morgan fingerprint density at radius 1 is 0.644 bits per heavy atom. The van der Waals surface area contributed by atoms with Gasteiger partial charge in [-0.05, 0) is 65.4 Å². The van der Waals surface area contributed by atoms with Gasteiger partial charge in [0.2, 0.25) is 0 Å². The standard InChI is InChI=1S/C18H16FNO3.C17H14FNO3/c19-15-2-1-3-16(11-15)23-9-8-20-7-6-13-4-5-14(10-17(13)20)18(22)12-21;18-14-2-1-3-15(11-14)22-9-8-19-7-6-12-4-5-13(17(20)21)10-16(12)19/h1-7,10-11,21H,8-9,12H2;1-7,10-11H,8-9H2,(H,20,21). The minimum absolute atomic E-state index is 0.249. The summed E-state index contributed by atoms with van der Waals surface area (Å²) in [7, 11) is 0. The number of Topliss-reactive ketones (excluding diaryl/α,β-unsaturated/α-hetero) is 1. The second kappa shape index (κ2) is 14.3. The van der Waals surface area contributed by atoms with E-state index in [1.165, 1.54) is 24.3 Å². The predicted octanol–water partition coefficient (Wildman–Crippen LogP) is 6.59. The average Bonchev–Trinajstić information content (AvgIpc) is 3.64. The molecule has 0 unspecified atom stereocenters. The summed E-state index contributed by atoms with van der Waals surface area (Å²) in [5.74, 6) is -0.974. The van der Waals surface area contributed by atoms with E-state index in [0.29, 0.717) is 43.4 Å². The Morgan fingerprint density at radius 2 is 1.13 bits per heavy atom. The molecule has 45 heavy (non-hydrogen) atoms. The number of halogens is 2. The van der Waals surface area contributed by atoms with Gasteiger partial charge in [-0.25, -0.2) is 13.6 Å². The van der Waals surface area contributed by atoms with Gasteiger partial charge < -0.3 is 28.8 Å². The van der Waals surface area contributed by atoms with E-state index in [0.717, 1.165) is 21.8 Å². The van der Waals surface area contributed by atoms with Gasteiger partial charge in [-0.2, -0.15) is 0 Å². The van der Waals surface area contributed by atoms with Crippen molar-refractivity contribution in [1.82, 2.24) is 9.13 Å². The highest BCUT2D eigenvalue weighted by molar-refractivity contribution is 6.00. The second-order valence-corrected chi connectivity index (χ2v) is 10.1. The fourth-order valence-corrected chi connectivity index (χ4v) is 4.79. The highest BCUT2D eigenvalue weighted by atomic mass is 19.1. The maximum atomic E-state index is 13.1. The van der Waals surface area contributed by atoms with E-state index in [1.54, 1.807) is 54.6 Å². The van der Waals surface area contributed by atoms with Crippen LogP contribution in [0, 0.1) is 11.6 Å². The highest BCUT2D eigenvalue weighted by Crippen LogP contribution is 2.20. The fraction of sp³-hybridized carbons (Fsp3) is 0.143. The Hall–Kier alpha value is -5.48. The van der Waals surface area contributed by atoms with Gasteiger partial charge in [0.05, 0.1) is 18.7 Å². The topological polar surface area (TPSA) is 103 Å². The lowest BCUT2D eigenvalue weighted by Gasteiger charge is -2.09. The van der Waals surface area contributed by atoms with Gasteiger partial charge in [0, 0.05) is 41.1 Å². The number of aliphatic hydroxyl groups excluding tert-OH is 1. The molecule has 0 radical (unpaired) electrons. The Balaban J connectivity index is 0.000000178. The molecule has 0 aliphatic carbocycles. The van der Waals surface area contributed by atoms with E-state index in [2.05, 4.69) is 0 Å². The Labute approximate surface area is 257 Å². The summed E-state index contributed by atoms with van der Waals surface area (Å²) in [5, 5.41) is 20.0. The van der Waals surface area contributed by atoms with Gasteiger partial charge in [-0.1, -0.05) is 30.3 Å². The van der Waals surface area contributed by atoms with Gasteiger partial charge >= 0.3 is 5.97 Å². The number of aromatic nitrogens is 2. The number of carboxylic acid groups (broad SMARTS) is 1. The molecule has 0 fully saturated rings. The molecule has 0 aliphatic rings. The van der Waals surface area contributed by atoms with Gasteiger partial charge in [0.1, 0.15) is 43.0 Å². The first-order valence-corrected chi connectivity index (χ1v) is 14.1. The SMILES string of the molecule is O=C(CO)c1ccc2ccn(CCOc3cccc(F)c3)c2c1.O=C(O)c1ccc2ccn(CCOc3cccc(F)c3)c2c1. The zero-order chi connectivity index (χ0) is 31.8. The summed E-state index contributed by atoms with van der Waals surface area (Å²) in [6.45, 7) is 1.35. The van der Waals surface area contributed by atoms with Gasteiger partial charge in [0.15, 0.2) is 5.78 Å². The normalized spacial score (nSPS) is 10.8. The van der Waals surface area contributed by atoms with Gasteiger partial charge in [-0.3, -0.25) is 4.79 Å². The van der Waals surface area contributed by atoms with E-state index >= 15 is 0 Å². The molecule has 2 heterocycles. The number of benzene rings is 4. The third-order valence-corrected chi connectivity index (χ3v) is 7.05. The molecule has 0 saturated heterocycles. The summed E-state index contributed by atoms with van der Waals surface area (Å²) in [4.78, 5) is 22.6. The Morgan fingerprint density at radius 3 is 1.60 bits per heavy atom. The van der Waals surface area contributed by atoms with Crippen LogP contribution in [0.3, 0.4) is 0 Å². The lowest BCUT2D eigenvalue weighted by molar-refractivity contribution is 0.0696. The summed E-state index contributed by atoms with van der Waals surface area (Å²) < 4.78 is 41.1. The van der Waals surface area contributed by atoms with Crippen LogP contribution in [0.2, 0.25) is 0 Å². The molecule has 0 bridgehead atoms. The first kappa shape index (κ1) is 31.0. The molecule has 6 rings (SSSR count). The average molecular weight is 613 g/mol. The van der Waals surface area contributed by atoms with E-state index < -0.39 is 12.6 Å². The molecule has 0 atom stereocenters. The molecule has 4 aromatic carbocycles. The number of ketones is 1. The van der Waals surface area contributed by atoms with Gasteiger partial charge in [0.25, 0.3) is 0 Å². The number of carbonyl (C=O) groups is 2. The number of rotatable bonds is 11. The summed E-state index contributed by atoms with van der Waals surface area (Å²) >= 11 is 0. The van der Waals surface area contributed by atoms with Crippen LogP contribution >= 0.6 is 0 Å².